The van der Waals surface area contributed by atoms with Gasteiger partial charge in [0.1, 0.15) is 5.00 Å². The standard InChI is InChI=1S/C20H24ClNO5S/c1-2-27-20(26)16-13-6-4-3-5-7-15(13)28-18(16)22-17(23)14-10-11(21)8-9-12(14)19(24)25/h8,12,14H,2-7,9-10H2,1H3,(H,22,23)(H,24,25)/p-1/t12-,14-/m1/s1. The topological polar surface area (TPSA) is 95.5 Å². The van der Waals surface area contributed by atoms with Crippen LogP contribution in [0.4, 0.5) is 5.00 Å². The van der Waals surface area contributed by atoms with Crippen molar-refractivity contribution in [3.05, 3.63) is 27.1 Å². The Labute approximate surface area is 172 Å². The van der Waals surface area contributed by atoms with Crippen LogP contribution in [0, 0.1) is 11.8 Å². The van der Waals surface area contributed by atoms with Crippen LogP contribution in [-0.4, -0.2) is 24.5 Å². The van der Waals surface area contributed by atoms with E-state index in [0.717, 1.165) is 42.5 Å². The lowest BCUT2D eigenvalue weighted by molar-refractivity contribution is -0.313. The monoisotopic (exact) mass is 424 g/mol. The maximum Gasteiger partial charge on any atom is 0.341 e. The number of esters is 1. The molecule has 0 unspecified atom stereocenters. The van der Waals surface area contributed by atoms with Crippen molar-refractivity contribution in [1.82, 2.24) is 0 Å². The van der Waals surface area contributed by atoms with Crippen LogP contribution < -0.4 is 10.4 Å². The fraction of sp³-hybridized carbons (Fsp3) is 0.550. The summed E-state index contributed by atoms with van der Waals surface area (Å²) in [5, 5.41) is 15.2. The summed E-state index contributed by atoms with van der Waals surface area (Å²) >= 11 is 7.44. The molecule has 1 aromatic rings. The van der Waals surface area contributed by atoms with E-state index in [-0.39, 0.29) is 19.4 Å². The number of hydrogen-bond donors (Lipinski definition) is 1. The average molecular weight is 425 g/mol. The van der Waals surface area contributed by atoms with Gasteiger partial charge in [-0.1, -0.05) is 24.1 Å². The summed E-state index contributed by atoms with van der Waals surface area (Å²) in [5.41, 5.74) is 1.37. The molecule has 0 radical (unpaired) electrons. The molecular formula is C20H23ClNO5S-. The van der Waals surface area contributed by atoms with Crippen LogP contribution >= 0.6 is 22.9 Å². The molecule has 3 rings (SSSR count). The number of anilines is 1. The van der Waals surface area contributed by atoms with Crippen LogP contribution in [0.5, 0.6) is 0 Å². The molecule has 0 bridgehead atoms. The third-order valence-corrected chi connectivity index (χ3v) is 6.79. The fourth-order valence-corrected chi connectivity index (χ4v) is 5.38. The molecule has 28 heavy (non-hydrogen) atoms. The van der Waals surface area contributed by atoms with Gasteiger partial charge in [-0.15, -0.1) is 11.3 Å². The Kier molecular flexibility index (Phi) is 6.78. The van der Waals surface area contributed by atoms with Crippen molar-refractivity contribution in [2.24, 2.45) is 11.8 Å². The van der Waals surface area contributed by atoms with Gasteiger partial charge in [-0.05, 0) is 51.0 Å². The first-order valence-corrected chi connectivity index (χ1v) is 10.8. The molecule has 0 saturated carbocycles. The Morgan fingerprint density at radius 2 is 2.00 bits per heavy atom. The number of carbonyl (C=O) groups excluding carboxylic acids is 3. The fourth-order valence-electron chi connectivity index (χ4n) is 3.85. The highest BCUT2D eigenvalue weighted by molar-refractivity contribution is 7.17. The van der Waals surface area contributed by atoms with Gasteiger partial charge in [-0.25, -0.2) is 4.79 Å². The molecule has 0 fully saturated rings. The number of allylic oxidation sites excluding steroid dienone is 2. The second-order valence-corrected chi connectivity index (χ2v) is 8.69. The second kappa shape index (κ2) is 9.09. The Balaban J connectivity index is 1.90. The summed E-state index contributed by atoms with van der Waals surface area (Å²) in [4.78, 5) is 38.0. The van der Waals surface area contributed by atoms with E-state index in [2.05, 4.69) is 5.32 Å². The zero-order valence-electron chi connectivity index (χ0n) is 15.7. The van der Waals surface area contributed by atoms with E-state index in [0.29, 0.717) is 15.6 Å². The Morgan fingerprint density at radius 3 is 2.71 bits per heavy atom. The van der Waals surface area contributed by atoms with Crippen molar-refractivity contribution >= 4 is 45.8 Å². The van der Waals surface area contributed by atoms with Crippen LogP contribution in [-0.2, 0) is 27.2 Å². The van der Waals surface area contributed by atoms with Gasteiger partial charge >= 0.3 is 5.97 Å². The van der Waals surface area contributed by atoms with Gasteiger partial charge in [-0.2, -0.15) is 0 Å². The zero-order valence-corrected chi connectivity index (χ0v) is 17.3. The highest BCUT2D eigenvalue weighted by Gasteiger charge is 2.34. The minimum absolute atomic E-state index is 0.145. The van der Waals surface area contributed by atoms with Crippen molar-refractivity contribution in [3.8, 4) is 0 Å². The van der Waals surface area contributed by atoms with E-state index in [4.69, 9.17) is 16.3 Å². The first-order valence-electron chi connectivity index (χ1n) is 9.60. The van der Waals surface area contributed by atoms with Gasteiger partial charge in [0, 0.05) is 21.8 Å². The lowest BCUT2D eigenvalue weighted by Gasteiger charge is -2.29. The maximum absolute atomic E-state index is 12.9. The van der Waals surface area contributed by atoms with Crippen LogP contribution in [0.2, 0.25) is 0 Å². The number of fused-ring (bicyclic) bond motifs is 1. The van der Waals surface area contributed by atoms with Crippen molar-refractivity contribution in [1.29, 1.82) is 0 Å². The third-order valence-electron chi connectivity index (χ3n) is 5.27. The predicted molar refractivity (Wildman–Crippen MR) is 105 cm³/mol. The summed E-state index contributed by atoms with van der Waals surface area (Å²) in [7, 11) is 0. The van der Waals surface area contributed by atoms with E-state index < -0.39 is 29.7 Å². The molecule has 6 nitrogen and oxygen atoms in total. The van der Waals surface area contributed by atoms with Gasteiger partial charge in [0.05, 0.1) is 18.1 Å². The summed E-state index contributed by atoms with van der Waals surface area (Å²) in [6, 6.07) is 0. The number of rotatable bonds is 5. The van der Waals surface area contributed by atoms with Gasteiger partial charge in [0.15, 0.2) is 0 Å². The van der Waals surface area contributed by atoms with E-state index in [1.807, 2.05) is 0 Å². The lowest BCUT2D eigenvalue weighted by Crippen LogP contribution is -2.42. The molecule has 2 aliphatic rings. The van der Waals surface area contributed by atoms with E-state index in [9.17, 15) is 19.5 Å². The number of thiophene rings is 1. The molecule has 0 aromatic carbocycles. The van der Waals surface area contributed by atoms with Crippen molar-refractivity contribution < 1.29 is 24.2 Å². The van der Waals surface area contributed by atoms with Crippen LogP contribution in [0.3, 0.4) is 0 Å². The first-order chi connectivity index (χ1) is 13.4. The molecule has 8 heteroatoms. The first kappa shape index (κ1) is 20.9. The highest BCUT2D eigenvalue weighted by atomic mass is 35.5. The number of carbonyl (C=O) groups is 3. The van der Waals surface area contributed by atoms with Crippen molar-refractivity contribution in [2.75, 3.05) is 11.9 Å². The van der Waals surface area contributed by atoms with Gasteiger partial charge < -0.3 is 20.0 Å². The van der Waals surface area contributed by atoms with Crippen molar-refractivity contribution in [2.45, 2.75) is 51.9 Å². The third kappa shape index (κ3) is 4.41. The van der Waals surface area contributed by atoms with E-state index >= 15 is 0 Å². The number of halogens is 1. The molecule has 152 valence electrons. The Morgan fingerprint density at radius 1 is 1.25 bits per heavy atom. The summed E-state index contributed by atoms with van der Waals surface area (Å²) in [6.07, 6.45) is 6.68. The summed E-state index contributed by atoms with van der Waals surface area (Å²) in [5.74, 6) is -3.95. The predicted octanol–water partition coefficient (Wildman–Crippen LogP) is 3.03. The number of amides is 1. The number of nitrogens with one attached hydrogen (secondary N) is 1. The summed E-state index contributed by atoms with van der Waals surface area (Å²) < 4.78 is 5.22. The molecule has 0 saturated heterocycles. The molecule has 2 atom stereocenters. The number of ether oxygens (including phenoxy) is 1. The minimum Gasteiger partial charge on any atom is -0.550 e. The number of carboxylic acids is 1. The van der Waals surface area contributed by atoms with E-state index in [1.54, 1.807) is 13.0 Å². The Bertz CT molecular complexity index is 816. The maximum atomic E-state index is 12.9. The number of aryl methyl sites for hydroxylation is 1. The number of aliphatic carboxylic acids is 1. The molecular weight excluding hydrogens is 402 g/mol. The molecule has 2 aliphatic carbocycles. The largest absolute Gasteiger partial charge is 0.550 e. The van der Waals surface area contributed by atoms with Crippen LogP contribution in [0.15, 0.2) is 11.1 Å². The normalized spacial score (nSPS) is 21.9. The summed E-state index contributed by atoms with van der Waals surface area (Å²) in [6.45, 7) is 1.98. The minimum atomic E-state index is -1.27. The second-order valence-electron chi connectivity index (χ2n) is 7.10. The van der Waals surface area contributed by atoms with Gasteiger partial charge in [-0.3, -0.25) is 4.79 Å². The zero-order chi connectivity index (χ0) is 20.3. The Hall–Kier alpha value is -1.86. The SMILES string of the molecule is CCOC(=O)c1c(NC(=O)[C@@H]2CC(Cl)=CC[C@H]2C(=O)[O-])sc2c1CCCCC2. The van der Waals surface area contributed by atoms with E-state index in [1.165, 1.54) is 11.3 Å². The quantitative estimate of drug-likeness (QED) is 0.579. The smallest absolute Gasteiger partial charge is 0.341 e. The molecule has 1 N–H and O–H groups in total. The number of carboxylic acid groups (broad SMARTS) is 1. The molecule has 1 aromatic heterocycles. The van der Waals surface area contributed by atoms with Crippen LogP contribution in [0.1, 0.15) is 59.8 Å². The molecule has 1 amide bonds. The molecule has 0 spiro atoms. The van der Waals surface area contributed by atoms with Gasteiger partial charge in [0.2, 0.25) is 5.91 Å². The molecule has 0 aliphatic heterocycles. The lowest BCUT2D eigenvalue weighted by atomic mass is 9.82. The highest BCUT2D eigenvalue weighted by Crippen LogP contribution is 2.39. The number of hydrogen-bond acceptors (Lipinski definition) is 6. The van der Waals surface area contributed by atoms with Crippen LogP contribution in [0.25, 0.3) is 0 Å². The van der Waals surface area contributed by atoms with Gasteiger partial charge in [0.25, 0.3) is 0 Å². The van der Waals surface area contributed by atoms with Crippen molar-refractivity contribution in [3.63, 3.8) is 0 Å². The molecule has 1 heterocycles. The average Bonchev–Trinajstić information content (AvgIpc) is 2.82.